The van der Waals surface area contributed by atoms with E-state index in [9.17, 15) is 9.59 Å². The first-order valence-electron chi connectivity index (χ1n) is 11.6. The van der Waals surface area contributed by atoms with Gasteiger partial charge in [-0.05, 0) is 73.4 Å². The summed E-state index contributed by atoms with van der Waals surface area (Å²) in [4.78, 5) is 26.7. The number of hydrogen-bond acceptors (Lipinski definition) is 4. The van der Waals surface area contributed by atoms with Crippen molar-refractivity contribution in [3.05, 3.63) is 64.7 Å². The molecule has 2 aromatic carbocycles. The third-order valence-corrected chi connectivity index (χ3v) is 7.33. The van der Waals surface area contributed by atoms with E-state index in [0.717, 1.165) is 43.4 Å². The summed E-state index contributed by atoms with van der Waals surface area (Å²) in [5.41, 5.74) is 2.18. The molecule has 2 amide bonds. The van der Waals surface area contributed by atoms with Crippen molar-refractivity contribution >= 4 is 23.6 Å². The minimum Gasteiger partial charge on any atom is -0.497 e. The lowest BCUT2D eigenvalue weighted by Gasteiger charge is -2.44. The first-order valence-corrected chi connectivity index (χ1v) is 12.0. The molecule has 1 saturated heterocycles. The van der Waals surface area contributed by atoms with Gasteiger partial charge in [0.15, 0.2) is 0 Å². The predicted molar refractivity (Wildman–Crippen MR) is 128 cm³/mol. The van der Waals surface area contributed by atoms with Crippen LogP contribution in [0.3, 0.4) is 0 Å². The second kappa shape index (κ2) is 10.5. The number of ether oxygens (including phenoxy) is 2. The smallest absolute Gasteiger partial charge is 0.407 e. The molecule has 0 radical (unpaired) electrons. The van der Waals surface area contributed by atoms with Gasteiger partial charge in [-0.15, -0.1) is 0 Å². The van der Waals surface area contributed by atoms with Gasteiger partial charge < -0.3 is 19.7 Å². The van der Waals surface area contributed by atoms with Gasteiger partial charge in [0.1, 0.15) is 12.4 Å². The van der Waals surface area contributed by atoms with E-state index in [1.807, 2.05) is 29.2 Å². The Balaban J connectivity index is 1.25. The maximum atomic E-state index is 12.6. The lowest BCUT2D eigenvalue weighted by molar-refractivity contribution is -0.132. The summed E-state index contributed by atoms with van der Waals surface area (Å²) in [5.74, 6) is 1.55. The highest BCUT2D eigenvalue weighted by molar-refractivity contribution is 6.30. The number of methoxy groups -OCH3 is 1. The first kappa shape index (κ1) is 23.4. The Kier molecular flexibility index (Phi) is 7.43. The lowest BCUT2D eigenvalue weighted by Crippen LogP contribution is -2.49. The first-order chi connectivity index (χ1) is 16.0. The van der Waals surface area contributed by atoms with Crippen molar-refractivity contribution in [1.29, 1.82) is 0 Å². The fourth-order valence-electron chi connectivity index (χ4n) is 5.18. The van der Waals surface area contributed by atoms with Crippen LogP contribution in [0.5, 0.6) is 5.75 Å². The van der Waals surface area contributed by atoms with Crippen LogP contribution in [-0.2, 0) is 16.1 Å². The number of nitrogens with zero attached hydrogens (tertiary/aromatic N) is 1. The van der Waals surface area contributed by atoms with Crippen molar-refractivity contribution in [2.75, 3.05) is 20.3 Å². The van der Waals surface area contributed by atoms with Crippen molar-refractivity contribution in [1.82, 2.24) is 10.2 Å². The fraction of sp³-hybridized carbons (Fsp3) is 0.462. The Labute approximate surface area is 200 Å². The number of nitrogens with one attached hydrogen (secondary N) is 1. The van der Waals surface area contributed by atoms with E-state index in [0.29, 0.717) is 30.5 Å². The van der Waals surface area contributed by atoms with Crippen LogP contribution >= 0.6 is 11.6 Å². The van der Waals surface area contributed by atoms with E-state index < -0.39 is 6.09 Å². The van der Waals surface area contributed by atoms with Crippen LogP contribution in [-0.4, -0.2) is 42.7 Å². The molecule has 6 nitrogen and oxygen atoms in total. The third-order valence-electron chi connectivity index (χ3n) is 7.08. The van der Waals surface area contributed by atoms with Gasteiger partial charge in [-0.1, -0.05) is 35.9 Å². The molecule has 4 rings (SSSR count). The Morgan fingerprint density at radius 3 is 2.45 bits per heavy atom. The van der Waals surface area contributed by atoms with Crippen molar-refractivity contribution in [2.45, 2.75) is 56.5 Å². The highest BCUT2D eigenvalue weighted by atomic mass is 35.5. The molecule has 0 bridgehead atoms. The zero-order valence-corrected chi connectivity index (χ0v) is 19.8. The monoisotopic (exact) mass is 470 g/mol. The summed E-state index contributed by atoms with van der Waals surface area (Å²) < 4.78 is 10.6. The Morgan fingerprint density at radius 1 is 1.09 bits per heavy atom. The summed E-state index contributed by atoms with van der Waals surface area (Å²) in [5, 5.41) is 3.40. The maximum Gasteiger partial charge on any atom is 0.407 e. The molecule has 176 valence electrons. The van der Waals surface area contributed by atoms with Crippen LogP contribution in [0.15, 0.2) is 48.5 Å². The lowest BCUT2D eigenvalue weighted by atomic mass is 9.73. The standard InChI is InChI=1S/C26H31ClN2O4/c1-32-23-8-4-20(5-9-23)21-10-13-26(14-11-21)15-12-24(30)29(26)16-17-33-25(31)28-18-19-2-6-22(27)7-3-19/h2-9,21H,10-18H2,1H3,(H,28,31). The summed E-state index contributed by atoms with van der Waals surface area (Å²) in [6.07, 6.45) is 5.07. The molecular formula is C26H31ClN2O4. The summed E-state index contributed by atoms with van der Waals surface area (Å²) >= 11 is 5.88. The SMILES string of the molecule is COc1ccc(C2CCC3(CCC(=O)N3CCOC(=O)NCc3ccc(Cl)cc3)CC2)cc1. The van der Waals surface area contributed by atoms with Gasteiger partial charge in [-0.3, -0.25) is 4.79 Å². The fourth-order valence-corrected chi connectivity index (χ4v) is 5.30. The minimum absolute atomic E-state index is 0.0941. The average Bonchev–Trinajstić information content (AvgIpc) is 3.14. The van der Waals surface area contributed by atoms with Gasteiger partial charge in [0.2, 0.25) is 5.91 Å². The molecule has 2 fully saturated rings. The number of carbonyl (C=O) groups excluding carboxylic acids is 2. The Morgan fingerprint density at radius 2 is 1.79 bits per heavy atom. The zero-order chi connectivity index (χ0) is 23.3. The largest absolute Gasteiger partial charge is 0.497 e. The van der Waals surface area contributed by atoms with Crippen LogP contribution in [0.2, 0.25) is 5.02 Å². The molecule has 1 aliphatic carbocycles. The van der Waals surface area contributed by atoms with Crippen LogP contribution in [0.4, 0.5) is 4.79 Å². The van der Waals surface area contributed by atoms with Gasteiger partial charge in [0, 0.05) is 23.5 Å². The second-order valence-corrected chi connectivity index (χ2v) is 9.37. The number of carbonyl (C=O) groups is 2. The Bertz CT molecular complexity index is 953. The van der Waals surface area contributed by atoms with Gasteiger partial charge in [0.25, 0.3) is 0 Å². The summed E-state index contributed by atoms with van der Waals surface area (Å²) in [6.45, 7) is 1.01. The molecule has 7 heteroatoms. The Hall–Kier alpha value is -2.73. The molecule has 0 aromatic heterocycles. The quantitative estimate of drug-likeness (QED) is 0.596. The molecule has 1 heterocycles. The molecule has 33 heavy (non-hydrogen) atoms. The molecule has 2 aliphatic rings. The maximum absolute atomic E-state index is 12.6. The van der Waals surface area contributed by atoms with Gasteiger partial charge >= 0.3 is 6.09 Å². The molecule has 1 spiro atoms. The van der Waals surface area contributed by atoms with E-state index in [4.69, 9.17) is 21.1 Å². The van der Waals surface area contributed by atoms with Crippen LogP contribution < -0.4 is 10.1 Å². The van der Waals surface area contributed by atoms with Gasteiger partial charge in [0.05, 0.1) is 13.7 Å². The molecule has 1 N–H and O–H groups in total. The molecule has 1 aliphatic heterocycles. The number of halogens is 1. The molecule has 0 atom stereocenters. The number of likely N-dealkylation sites (tertiary alicyclic amines) is 1. The average molecular weight is 471 g/mol. The van der Waals surface area contributed by atoms with E-state index in [1.165, 1.54) is 5.56 Å². The second-order valence-electron chi connectivity index (χ2n) is 8.93. The third kappa shape index (κ3) is 5.61. The normalized spacial score (nSPS) is 22.4. The predicted octanol–water partition coefficient (Wildman–Crippen LogP) is 5.29. The van der Waals surface area contributed by atoms with Crippen molar-refractivity contribution in [2.24, 2.45) is 0 Å². The molecule has 2 aromatic rings. The van der Waals surface area contributed by atoms with Crippen molar-refractivity contribution in [3.63, 3.8) is 0 Å². The molecule has 0 unspecified atom stereocenters. The number of rotatable bonds is 7. The van der Waals surface area contributed by atoms with Crippen LogP contribution in [0.25, 0.3) is 0 Å². The summed E-state index contributed by atoms with van der Waals surface area (Å²) in [7, 11) is 1.68. The van der Waals surface area contributed by atoms with Crippen molar-refractivity contribution < 1.29 is 19.1 Å². The van der Waals surface area contributed by atoms with E-state index in [1.54, 1.807) is 19.2 Å². The highest BCUT2D eigenvalue weighted by Crippen LogP contribution is 2.46. The van der Waals surface area contributed by atoms with Crippen molar-refractivity contribution in [3.8, 4) is 5.75 Å². The zero-order valence-electron chi connectivity index (χ0n) is 19.0. The van der Waals surface area contributed by atoms with E-state index >= 15 is 0 Å². The number of hydrogen-bond donors (Lipinski definition) is 1. The van der Waals surface area contributed by atoms with E-state index in [-0.39, 0.29) is 18.1 Å². The van der Waals surface area contributed by atoms with Gasteiger partial charge in [-0.25, -0.2) is 4.79 Å². The highest BCUT2D eigenvalue weighted by Gasteiger charge is 2.47. The number of benzene rings is 2. The molecular weight excluding hydrogens is 440 g/mol. The van der Waals surface area contributed by atoms with Gasteiger partial charge in [-0.2, -0.15) is 0 Å². The van der Waals surface area contributed by atoms with Crippen LogP contribution in [0, 0.1) is 0 Å². The number of alkyl carbamates (subject to hydrolysis) is 1. The topological polar surface area (TPSA) is 67.9 Å². The van der Waals surface area contributed by atoms with E-state index in [2.05, 4.69) is 17.4 Å². The summed E-state index contributed by atoms with van der Waals surface area (Å²) in [6, 6.07) is 15.6. The molecule has 1 saturated carbocycles. The number of amides is 2. The minimum atomic E-state index is -0.478. The van der Waals surface area contributed by atoms with Crippen LogP contribution in [0.1, 0.15) is 55.6 Å².